The lowest BCUT2D eigenvalue weighted by Gasteiger charge is -2.20. The molecule has 0 bridgehead atoms. The second kappa shape index (κ2) is 10.3. The standard InChI is InChI=1S/C20H26N4O4/c1-4-24(12-19(26)21-14(2)18-6-5-11-28-18)13-20(27)23-17-9-7-16(8-10-17)22-15(3)25/h5-11,14H,4,12-13H2,1-3H3,(H,21,26)(H,22,25)(H,23,27)/t14-/m1/s1. The van der Waals surface area contributed by atoms with Crippen molar-refractivity contribution in [2.75, 3.05) is 30.3 Å². The number of hydrogen-bond donors (Lipinski definition) is 3. The van der Waals surface area contributed by atoms with Gasteiger partial charge in [0.15, 0.2) is 0 Å². The molecule has 0 saturated heterocycles. The molecule has 3 amide bonds. The van der Waals surface area contributed by atoms with Crippen LogP contribution in [0.2, 0.25) is 0 Å². The van der Waals surface area contributed by atoms with Crippen LogP contribution in [0.4, 0.5) is 11.4 Å². The zero-order valence-electron chi connectivity index (χ0n) is 16.3. The number of anilines is 2. The lowest BCUT2D eigenvalue weighted by molar-refractivity contribution is -0.124. The van der Waals surface area contributed by atoms with Crippen molar-refractivity contribution in [2.45, 2.75) is 26.8 Å². The molecule has 1 aromatic heterocycles. The van der Waals surface area contributed by atoms with Crippen LogP contribution in [0.5, 0.6) is 0 Å². The predicted octanol–water partition coefficient (Wildman–Crippen LogP) is 2.38. The number of carbonyl (C=O) groups is 3. The summed E-state index contributed by atoms with van der Waals surface area (Å²) in [6.07, 6.45) is 1.56. The highest BCUT2D eigenvalue weighted by atomic mass is 16.3. The number of carbonyl (C=O) groups excluding carboxylic acids is 3. The quantitative estimate of drug-likeness (QED) is 0.614. The predicted molar refractivity (Wildman–Crippen MR) is 107 cm³/mol. The van der Waals surface area contributed by atoms with Crippen LogP contribution in [-0.2, 0) is 14.4 Å². The van der Waals surface area contributed by atoms with Crippen molar-refractivity contribution in [2.24, 2.45) is 0 Å². The number of hydrogen-bond acceptors (Lipinski definition) is 5. The van der Waals surface area contributed by atoms with E-state index in [9.17, 15) is 14.4 Å². The molecule has 2 rings (SSSR count). The van der Waals surface area contributed by atoms with E-state index in [1.54, 1.807) is 47.6 Å². The van der Waals surface area contributed by atoms with E-state index in [-0.39, 0.29) is 36.9 Å². The van der Waals surface area contributed by atoms with E-state index in [0.717, 1.165) is 0 Å². The van der Waals surface area contributed by atoms with E-state index < -0.39 is 0 Å². The van der Waals surface area contributed by atoms with Gasteiger partial charge in [-0.3, -0.25) is 19.3 Å². The zero-order chi connectivity index (χ0) is 20.5. The Kier molecular flexibility index (Phi) is 7.76. The Bertz CT molecular complexity index is 787. The minimum atomic E-state index is -0.239. The van der Waals surface area contributed by atoms with Gasteiger partial charge in [0.25, 0.3) is 0 Å². The molecule has 8 heteroatoms. The summed E-state index contributed by atoms with van der Waals surface area (Å²) in [5.74, 6) is 0.117. The number of likely N-dealkylation sites (N-methyl/N-ethyl adjacent to an activating group) is 1. The lowest BCUT2D eigenvalue weighted by Crippen LogP contribution is -2.41. The van der Waals surface area contributed by atoms with Crippen molar-refractivity contribution in [1.29, 1.82) is 0 Å². The number of nitrogens with one attached hydrogen (secondary N) is 3. The van der Waals surface area contributed by atoms with Gasteiger partial charge in [0.1, 0.15) is 5.76 Å². The summed E-state index contributed by atoms with van der Waals surface area (Å²) in [6, 6.07) is 10.2. The molecule has 0 spiro atoms. The van der Waals surface area contributed by atoms with Crippen LogP contribution >= 0.6 is 0 Å². The van der Waals surface area contributed by atoms with E-state index in [4.69, 9.17) is 4.42 Å². The van der Waals surface area contributed by atoms with Gasteiger partial charge >= 0.3 is 0 Å². The number of nitrogens with zero attached hydrogens (tertiary/aromatic N) is 1. The van der Waals surface area contributed by atoms with Crippen LogP contribution in [0, 0.1) is 0 Å². The maximum Gasteiger partial charge on any atom is 0.238 e. The molecule has 8 nitrogen and oxygen atoms in total. The number of amides is 3. The van der Waals surface area contributed by atoms with Gasteiger partial charge in [-0.2, -0.15) is 0 Å². The SMILES string of the molecule is CCN(CC(=O)Nc1ccc(NC(C)=O)cc1)CC(=O)N[C@H](C)c1ccco1. The lowest BCUT2D eigenvalue weighted by atomic mass is 10.2. The topological polar surface area (TPSA) is 104 Å². The summed E-state index contributed by atoms with van der Waals surface area (Å²) < 4.78 is 5.27. The van der Waals surface area contributed by atoms with Crippen LogP contribution in [0.15, 0.2) is 47.1 Å². The summed E-state index contributed by atoms with van der Waals surface area (Å²) in [4.78, 5) is 37.3. The van der Waals surface area contributed by atoms with Crippen molar-refractivity contribution >= 4 is 29.1 Å². The van der Waals surface area contributed by atoms with Crippen LogP contribution in [-0.4, -0.2) is 42.3 Å². The number of furan rings is 1. The van der Waals surface area contributed by atoms with Gasteiger partial charge in [-0.15, -0.1) is 0 Å². The first-order valence-corrected chi connectivity index (χ1v) is 9.10. The van der Waals surface area contributed by atoms with Crippen molar-refractivity contribution in [3.05, 3.63) is 48.4 Å². The molecule has 0 aliphatic heterocycles. The highest BCUT2D eigenvalue weighted by Gasteiger charge is 2.16. The molecule has 0 unspecified atom stereocenters. The van der Waals surface area contributed by atoms with Gasteiger partial charge in [-0.25, -0.2) is 0 Å². The average Bonchev–Trinajstić information content (AvgIpc) is 3.17. The average molecular weight is 386 g/mol. The van der Waals surface area contributed by atoms with Crippen LogP contribution < -0.4 is 16.0 Å². The van der Waals surface area contributed by atoms with Crippen molar-refractivity contribution in [3.63, 3.8) is 0 Å². The van der Waals surface area contributed by atoms with E-state index in [0.29, 0.717) is 23.7 Å². The second-order valence-corrected chi connectivity index (χ2v) is 6.41. The summed E-state index contributed by atoms with van der Waals surface area (Å²) in [5, 5.41) is 8.30. The first-order valence-electron chi connectivity index (χ1n) is 9.10. The Labute approximate surface area is 164 Å². The first kappa shape index (κ1) is 21.2. The second-order valence-electron chi connectivity index (χ2n) is 6.41. The molecular weight excluding hydrogens is 360 g/mol. The van der Waals surface area contributed by atoms with E-state index >= 15 is 0 Å². The molecule has 1 heterocycles. The van der Waals surface area contributed by atoms with Gasteiger partial charge in [-0.1, -0.05) is 6.92 Å². The Balaban J connectivity index is 1.81. The molecule has 0 saturated carbocycles. The molecule has 28 heavy (non-hydrogen) atoms. The molecule has 150 valence electrons. The minimum absolute atomic E-state index is 0.0898. The summed E-state index contributed by atoms with van der Waals surface area (Å²) in [7, 11) is 0. The van der Waals surface area contributed by atoms with Crippen LogP contribution in [0.25, 0.3) is 0 Å². The highest BCUT2D eigenvalue weighted by Crippen LogP contribution is 2.14. The van der Waals surface area contributed by atoms with E-state index in [1.807, 2.05) is 13.8 Å². The smallest absolute Gasteiger partial charge is 0.238 e. The van der Waals surface area contributed by atoms with Gasteiger partial charge < -0.3 is 20.4 Å². The van der Waals surface area contributed by atoms with Crippen LogP contribution in [0.3, 0.4) is 0 Å². The minimum Gasteiger partial charge on any atom is -0.467 e. The van der Waals surface area contributed by atoms with Gasteiger partial charge in [-0.05, 0) is 49.9 Å². The molecule has 0 aliphatic carbocycles. The normalized spacial score (nSPS) is 11.7. The fraction of sp³-hybridized carbons (Fsp3) is 0.350. The Morgan fingerprint density at radius 1 is 1.00 bits per heavy atom. The van der Waals surface area contributed by atoms with Gasteiger partial charge in [0, 0.05) is 18.3 Å². The summed E-state index contributed by atoms with van der Waals surface area (Å²) >= 11 is 0. The maximum absolute atomic E-state index is 12.3. The third kappa shape index (κ3) is 6.88. The summed E-state index contributed by atoms with van der Waals surface area (Å²) in [5.41, 5.74) is 1.27. The van der Waals surface area contributed by atoms with Crippen molar-refractivity contribution in [1.82, 2.24) is 10.2 Å². The third-order valence-electron chi connectivity index (χ3n) is 4.02. The molecule has 0 radical (unpaired) electrons. The molecule has 0 aliphatic rings. The van der Waals surface area contributed by atoms with Crippen LogP contribution in [0.1, 0.15) is 32.6 Å². The monoisotopic (exact) mass is 386 g/mol. The molecule has 2 aromatic rings. The Morgan fingerprint density at radius 2 is 1.61 bits per heavy atom. The Hall–Kier alpha value is -3.13. The van der Waals surface area contributed by atoms with E-state index in [1.165, 1.54) is 6.92 Å². The molecule has 0 fully saturated rings. The first-order chi connectivity index (χ1) is 13.4. The fourth-order valence-corrected chi connectivity index (χ4v) is 2.62. The number of rotatable bonds is 9. The molecule has 3 N–H and O–H groups in total. The highest BCUT2D eigenvalue weighted by molar-refractivity contribution is 5.93. The zero-order valence-corrected chi connectivity index (χ0v) is 16.3. The van der Waals surface area contributed by atoms with Gasteiger partial charge in [0.05, 0.1) is 25.4 Å². The third-order valence-corrected chi connectivity index (χ3v) is 4.02. The molecular formula is C20H26N4O4. The van der Waals surface area contributed by atoms with Crippen molar-refractivity contribution < 1.29 is 18.8 Å². The van der Waals surface area contributed by atoms with E-state index in [2.05, 4.69) is 16.0 Å². The molecule has 1 atom stereocenters. The summed E-state index contributed by atoms with van der Waals surface area (Å²) in [6.45, 7) is 5.91. The van der Waals surface area contributed by atoms with Gasteiger partial charge in [0.2, 0.25) is 17.7 Å². The Morgan fingerprint density at radius 3 is 2.14 bits per heavy atom. The number of benzene rings is 1. The maximum atomic E-state index is 12.3. The fourth-order valence-electron chi connectivity index (χ4n) is 2.62. The largest absolute Gasteiger partial charge is 0.467 e. The van der Waals surface area contributed by atoms with Crippen molar-refractivity contribution in [3.8, 4) is 0 Å². The molecule has 1 aromatic carbocycles.